The van der Waals surface area contributed by atoms with Gasteiger partial charge in [-0.25, -0.2) is 4.98 Å². The molecule has 0 aromatic carbocycles. The van der Waals surface area contributed by atoms with Crippen molar-refractivity contribution in [3.05, 3.63) is 12.4 Å². The van der Waals surface area contributed by atoms with Crippen LogP contribution in [-0.2, 0) is 4.79 Å². The van der Waals surface area contributed by atoms with Crippen LogP contribution in [0, 0.1) is 0 Å². The predicted octanol–water partition coefficient (Wildman–Crippen LogP) is 1.96. The fourth-order valence-corrected chi connectivity index (χ4v) is 2.59. The van der Waals surface area contributed by atoms with Gasteiger partial charge in [0.25, 0.3) is 0 Å². The Bertz CT molecular complexity index is 377. The van der Waals surface area contributed by atoms with E-state index in [1.165, 1.54) is 11.8 Å². The molecule has 1 aromatic rings. The molecule has 0 saturated heterocycles. The van der Waals surface area contributed by atoms with Crippen LogP contribution in [0.3, 0.4) is 0 Å². The zero-order valence-electron chi connectivity index (χ0n) is 11.2. The van der Waals surface area contributed by atoms with Crippen LogP contribution in [0.4, 0.5) is 0 Å². The van der Waals surface area contributed by atoms with Crippen LogP contribution in [0.1, 0.15) is 26.8 Å². The maximum atomic E-state index is 10.6. The molecule has 1 unspecified atom stereocenters. The third-order valence-corrected chi connectivity index (χ3v) is 3.82. The normalized spacial score (nSPS) is 12.9. The Kier molecular flexibility index (Phi) is 6.21. The largest absolute Gasteiger partial charge is 0.481 e. The van der Waals surface area contributed by atoms with Gasteiger partial charge < -0.3 is 14.6 Å². The van der Waals surface area contributed by atoms with Gasteiger partial charge in [0.1, 0.15) is 0 Å². The minimum atomic E-state index is -0.814. The molecule has 0 saturated carbocycles. The Labute approximate surface area is 112 Å². The number of nitrogens with zero attached hydrogens (tertiary/aromatic N) is 3. The van der Waals surface area contributed by atoms with Crippen molar-refractivity contribution in [3.8, 4) is 0 Å². The Morgan fingerprint density at radius 3 is 2.78 bits per heavy atom. The summed E-state index contributed by atoms with van der Waals surface area (Å²) in [5.41, 5.74) is 0. The number of carbonyl (C=O) groups is 1. The van der Waals surface area contributed by atoms with E-state index in [2.05, 4.69) is 30.7 Å². The fourth-order valence-electron chi connectivity index (χ4n) is 1.82. The number of rotatable bonds is 8. The first kappa shape index (κ1) is 15.0. The van der Waals surface area contributed by atoms with Gasteiger partial charge in [-0.15, -0.1) is 0 Å². The van der Waals surface area contributed by atoms with Gasteiger partial charge in [0.15, 0.2) is 5.16 Å². The van der Waals surface area contributed by atoms with Crippen molar-refractivity contribution in [1.82, 2.24) is 14.5 Å². The van der Waals surface area contributed by atoms with E-state index in [0.29, 0.717) is 6.04 Å². The number of likely N-dealkylation sites (N-methyl/N-ethyl adjacent to an activating group) is 1. The number of aromatic nitrogens is 2. The molecule has 0 aliphatic carbocycles. The van der Waals surface area contributed by atoms with Crippen molar-refractivity contribution in [2.24, 2.45) is 0 Å². The van der Waals surface area contributed by atoms with Crippen molar-refractivity contribution in [2.75, 3.05) is 25.4 Å². The average molecular weight is 271 g/mol. The average Bonchev–Trinajstić information content (AvgIpc) is 2.81. The van der Waals surface area contributed by atoms with Gasteiger partial charge in [-0.05, 0) is 20.0 Å². The van der Waals surface area contributed by atoms with E-state index < -0.39 is 5.97 Å². The number of carboxylic acid groups (broad SMARTS) is 1. The van der Waals surface area contributed by atoms with Gasteiger partial charge in [-0.3, -0.25) is 4.79 Å². The second-order valence-corrected chi connectivity index (χ2v) is 5.08. The number of imidazole rings is 1. The number of hydrogen-bond acceptors (Lipinski definition) is 4. The standard InChI is InChI=1S/C12H21N3O2S/c1-4-14(5-2)8-10(3)15-7-6-13-12(15)18-9-11(16)17/h6-7,10H,4-5,8-9H2,1-3H3,(H,16,17). The molecule has 5 nitrogen and oxygen atoms in total. The lowest BCUT2D eigenvalue weighted by Crippen LogP contribution is -2.29. The van der Waals surface area contributed by atoms with Crippen molar-refractivity contribution < 1.29 is 9.90 Å². The van der Waals surface area contributed by atoms with Gasteiger partial charge in [0, 0.05) is 25.0 Å². The third kappa shape index (κ3) is 4.34. The van der Waals surface area contributed by atoms with Crippen molar-refractivity contribution in [1.29, 1.82) is 0 Å². The molecule has 1 heterocycles. The predicted molar refractivity (Wildman–Crippen MR) is 73.1 cm³/mol. The Balaban J connectivity index is 2.64. The van der Waals surface area contributed by atoms with E-state index in [1.54, 1.807) is 6.20 Å². The van der Waals surface area contributed by atoms with Crippen molar-refractivity contribution >= 4 is 17.7 Å². The zero-order valence-corrected chi connectivity index (χ0v) is 12.0. The molecule has 1 N–H and O–H groups in total. The second-order valence-electron chi connectivity index (χ2n) is 4.13. The molecule has 0 fully saturated rings. The lowest BCUT2D eigenvalue weighted by molar-refractivity contribution is -0.133. The molecule has 0 aliphatic heterocycles. The number of thioether (sulfide) groups is 1. The zero-order chi connectivity index (χ0) is 13.5. The molecular formula is C12H21N3O2S. The minimum absolute atomic E-state index is 0.0506. The summed E-state index contributed by atoms with van der Waals surface area (Å²) >= 11 is 1.27. The number of aliphatic carboxylic acids is 1. The SMILES string of the molecule is CCN(CC)CC(C)n1ccnc1SCC(=O)O. The second kappa shape index (κ2) is 7.43. The van der Waals surface area contributed by atoms with Gasteiger partial charge >= 0.3 is 5.97 Å². The van der Waals surface area contributed by atoms with Crippen molar-refractivity contribution in [2.45, 2.75) is 32.0 Å². The first-order chi connectivity index (χ1) is 8.58. The molecule has 0 radical (unpaired) electrons. The first-order valence-electron chi connectivity index (χ1n) is 6.18. The highest BCUT2D eigenvalue weighted by molar-refractivity contribution is 7.99. The molecule has 1 rings (SSSR count). The lowest BCUT2D eigenvalue weighted by atomic mass is 10.3. The minimum Gasteiger partial charge on any atom is -0.481 e. The molecule has 102 valence electrons. The monoisotopic (exact) mass is 271 g/mol. The van der Waals surface area contributed by atoms with Crippen LogP contribution in [0.25, 0.3) is 0 Å². The smallest absolute Gasteiger partial charge is 0.313 e. The molecule has 6 heteroatoms. The summed E-state index contributed by atoms with van der Waals surface area (Å²) in [6.45, 7) is 9.41. The summed E-state index contributed by atoms with van der Waals surface area (Å²) in [6.07, 6.45) is 3.64. The maximum Gasteiger partial charge on any atom is 0.313 e. The van der Waals surface area contributed by atoms with Gasteiger partial charge in [0.2, 0.25) is 0 Å². The summed E-state index contributed by atoms with van der Waals surface area (Å²) in [6, 6.07) is 0.295. The first-order valence-corrected chi connectivity index (χ1v) is 7.16. The van der Waals surface area contributed by atoms with Gasteiger partial charge in [-0.2, -0.15) is 0 Å². The summed E-state index contributed by atoms with van der Waals surface area (Å²) in [4.78, 5) is 17.1. The molecular weight excluding hydrogens is 250 g/mol. The van der Waals surface area contributed by atoms with Gasteiger partial charge in [-0.1, -0.05) is 25.6 Å². The van der Waals surface area contributed by atoms with Crippen LogP contribution in [0.15, 0.2) is 17.6 Å². The third-order valence-electron chi connectivity index (χ3n) is 2.85. The highest BCUT2D eigenvalue weighted by atomic mass is 32.2. The van der Waals surface area contributed by atoms with E-state index in [4.69, 9.17) is 5.11 Å². The van der Waals surface area contributed by atoms with E-state index in [1.807, 2.05) is 10.8 Å². The van der Waals surface area contributed by atoms with Crippen LogP contribution < -0.4 is 0 Å². The Morgan fingerprint density at radius 2 is 2.22 bits per heavy atom. The maximum absolute atomic E-state index is 10.6. The Hall–Kier alpha value is -1.01. The molecule has 18 heavy (non-hydrogen) atoms. The van der Waals surface area contributed by atoms with Crippen LogP contribution >= 0.6 is 11.8 Å². The summed E-state index contributed by atoms with van der Waals surface area (Å²) < 4.78 is 2.05. The van der Waals surface area contributed by atoms with Crippen molar-refractivity contribution in [3.63, 3.8) is 0 Å². The summed E-state index contributed by atoms with van der Waals surface area (Å²) in [5, 5.41) is 9.47. The highest BCUT2D eigenvalue weighted by Gasteiger charge is 2.13. The quantitative estimate of drug-likeness (QED) is 0.732. The Morgan fingerprint density at radius 1 is 1.56 bits per heavy atom. The van der Waals surface area contributed by atoms with E-state index in [-0.39, 0.29) is 5.75 Å². The molecule has 0 amide bonds. The van der Waals surface area contributed by atoms with Crippen LogP contribution in [-0.4, -0.2) is 50.9 Å². The summed E-state index contributed by atoms with van der Waals surface area (Å²) in [5.74, 6) is -0.763. The number of hydrogen-bond donors (Lipinski definition) is 1. The number of carboxylic acids is 1. The lowest BCUT2D eigenvalue weighted by Gasteiger charge is -2.24. The molecule has 0 spiro atoms. The van der Waals surface area contributed by atoms with Gasteiger partial charge in [0.05, 0.1) is 5.75 Å². The van der Waals surface area contributed by atoms with E-state index in [9.17, 15) is 4.79 Å². The van der Waals surface area contributed by atoms with Crippen LogP contribution in [0.5, 0.6) is 0 Å². The topological polar surface area (TPSA) is 58.4 Å². The molecule has 1 aromatic heterocycles. The molecule has 1 atom stereocenters. The van der Waals surface area contributed by atoms with E-state index in [0.717, 1.165) is 24.8 Å². The highest BCUT2D eigenvalue weighted by Crippen LogP contribution is 2.20. The summed E-state index contributed by atoms with van der Waals surface area (Å²) in [7, 11) is 0. The molecule has 0 aliphatic rings. The van der Waals surface area contributed by atoms with E-state index >= 15 is 0 Å². The fraction of sp³-hybridized carbons (Fsp3) is 0.667. The molecule has 0 bridgehead atoms. The van der Waals surface area contributed by atoms with Crippen LogP contribution in [0.2, 0.25) is 0 Å².